The lowest BCUT2D eigenvalue weighted by atomic mass is 10.1. The number of hydrogen-bond donors (Lipinski definition) is 3. The summed E-state index contributed by atoms with van der Waals surface area (Å²) in [6.07, 6.45) is 1.14. The quantitative estimate of drug-likeness (QED) is 0.699. The average molecular weight is 296 g/mol. The highest BCUT2D eigenvalue weighted by Crippen LogP contribution is 2.39. The molecule has 0 radical (unpaired) electrons. The van der Waals surface area contributed by atoms with Crippen LogP contribution < -0.4 is 16.3 Å². The molecule has 2 atom stereocenters. The predicted molar refractivity (Wildman–Crippen MR) is 74.6 cm³/mol. The summed E-state index contributed by atoms with van der Waals surface area (Å²) in [6, 6.07) is 7.54. The normalized spacial score (nSPS) is 22.2. The van der Waals surface area contributed by atoms with E-state index in [1.807, 2.05) is 0 Å². The summed E-state index contributed by atoms with van der Waals surface area (Å²) in [5.74, 6) is -1.07. The van der Waals surface area contributed by atoms with Crippen LogP contribution in [0.15, 0.2) is 30.3 Å². The zero-order chi connectivity index (χ0) is 14.8. The van der Waals surface area contributed by atoms with Crippen LogP contribution in [0.3, 0.4) is 0 Å². The predicted octanol–water partition coefficient (Wildman–Crippen LogP) is 0.433. The number of rotatable bonds is 3. The molecule has 5 N–H and O–H groups in total. The zero-order valence-corrected chi connectivity index (χ0v) is 11.8. The number of nitrogens with two attached hydrogens (primary N) is 2. The van der Waals surface area contributed by atoms with Gasteiger partial charge in [-0.15, -0.1) is 0 Å². The smallest absolute Gasteiger partial charge is 0.320 e. The fourth-order valence-corrected chi connectivity index (χ4v) is 3.46. The molecule has 1 aliphatic heterocycles. The number of nitrogens with one attached hydrogen (secondary N) is 1. The van der Waals surface area contributed by atoms with Gasteiger partial charge in [-0.25, -0.2) is 5.50 Å². The molecule has 1 aromatic carbocycles. The van der Waals surface area contributed by atoms with E-state index in [4.69, 9.17) is 11.2 Å². The monoisotopic (exact) mass is 296 g/mol. The third kappa shape index (κ3) is 3.07. The van der Waals surface area contributed by atoms with E-state index in [1.54, 1.807) is 30.3 Å². The lowest BCUT2D eigenvalue weighted by Crippen LogP contribution is -2.50. The van der Waals surface area contributed by atoms with Crippen molar-refractivity contribution in [3.05, 3.63) is 35.9 Å². The molecule has 0 saturated carbocycles. The van der Waals surface area contributed by atoms with Gasteiger partial charge in [0.25, 0.3) is 5.91 Å². The van der Waals surface area contributed by atoms with Crippen LogP contribution in [0.4, 0.5) is 0 Å². The molecule has 2 amide bonds. The van der Waals surface area contributed by atoms with E-state index < -0.39 is 25.5 Å². The lowest BCUT2D eigenvalue weighted by Gasteiger charge is -2.34. The van der Waals surface area contributed by atoms with Crippen molar-refractivity contribution in [2.75, 3.05) is 6.54 Å². The van der Waals surface area contributed by atoms with E-state index in [9.17, 15) is 14.2 Å². The first-order valence-electron chi connectivity index (χ1n) is 6.25. The molecule has 1 saturated heterocycles. The fraction of sp³-hybridized carbons (Fsp3) is 0.333. The summed E-state index contributed by atoms with van der Waals surface area (Å²) in [5.41, 5.74) is 11.6. The van der Waals surface area contributed by atoms with E-state index in [-0.39, 0.29) is 6.54 Å². The Bertz CT molecular complexity index is 563. The Morgan fingerprint density at radius 3 is 2.65 bits per heavy atom. The van der Waals surface area contributed by atoms with Gasteiger partial charge in [0.2, 0.25) is 5.91 Å². The minimum absolute atomic E-state index is 0.232. The van der Waals surface area contributed by atoms with Crippen molar-refractivity contribution in [3.8, 4) is 0 Å². The van der Waals surface area contributed by atoms with Gasteiger partial charge in [-0.05, 0) is 25.0 Å². The summed E-state index contributed by atoms with van der Waals surface area (Å²) in [5, 5.41) is 2.24. The molecular weight excluding hydrogens is 279 g/mol. The van der Waals surface area contributed by atoms with Crippen LogP contribution in [-0.2, 0) is 9.36 Å². The first-order chi connectivity index (χ1) is 9.42. The number of nitrogens with zero attached hydrogens (tertiary/aromatic N) is 1. The van der Waals surface area contributed by atoms with Crippen LogP contribution in [0.1, 0.15) is 23.2 Å². The Morgan fingerprint density at radius 1 is 1.35 bits per heavy atom. The summed E-state index contributed by atoms with van der Waals surface area (Å²) >= 11 is 0. The van der Waals surface area contributed by atoms with Gasteiger partial charge < -0.3 is 5.73 Å². The van der Waals surface area contributed by atoms with Crippen LogP contribution in [0.5, 0.6) is 0 Å². The average Bonchev–Trinajstić information content (AvgIpc) is 2.42. The highest BCUT2D eigenvalue weighted by molar-refractivity contribution is 7.58. The topological polar surface area (TPSA) is 119 Å². The maximum Gasteiger partial charge on any atom is 0.332 e. The van der Waals surface area contributed by atoms with E-state index >= 15 is 0 Å². The van der Waals surface area contributed by atoms with E-state index in [0.717, 1.165) is 4.67 Å². The van der Waals surface area contributed by atoms with Gasteiger partial charge in [0.15, 0.2) is 0 Å². The Hall–Kier alpha value is -1.69. The van der Waals surface area contributed by atoms with Crippen molar-refractivity contribution in [3.63, 3.8) is 0 Å². The standard InChI is InChI=1S/C12H17N4O3P/c13-10-7-4-8-16(12(10)18)20(14,19)15-11(17)9-5-2-1-3-6-9/h1-3,5-6,10H,4,7-8,13H2,(H3,14,15,17,19)/t10-,20?/m0/s1. The second-order valence-corrected chi connectivity index (χ2v) is 6.59. The SMILES string of the molecule is N[C@H]1CCCN(P(N)(=O)NC(=O)c2ccccc2)C1=O. The molecular formula is C12H17N4O3P. The molecule has 7 nitrogen and oxygen atoms in total. The Balaban J connectivity index is 2.13. The van der Waals surface area contributed by atoms with Crippen LogP contribution >= 0.6 is 7.59 Å². The molecule has 1 aliphatic rings. The number of carbonyl (C=O) groups is 2. The van der Waals surface area contributed by atoms with Crippen molar-refractivity contribution >= 4 is 19.4 Å². The van der Waals surface area contributed by atoms with Gasteiger partial charge >= 0.3 is 7.59 Å². The van der Waals surface area contributed by atoms with Crippen molar-refractivity contribution in [2.45, 2.75) is 18.9 Å². The molecule has 1 unspecified atom stereocenters. The molecule has 2 rings (SSSR count). The summed E-state index contributed by atoms with van der Waals surface area (Å²) in [6.45, 7) is 0.232. The fourth-order valence-electron chi connectivity index (χ4n) is 2.04. The maximum atomic E-state index is 12.4. The Labute approximate surface area is 116 Å². The largest absolute Gasteiger partial charge is 0.332 e. The second kappa shape index (κ2) is 5.75. The van der Waals surface area contributed by atoms with Gasteiger partial charge in [0, 0.05) is 12.1 Å². The van der Waals surface area contributed by atoms with E-state index in [1.165, 1.54) is 0 Å². The van der Waals surface area contributed by atoms with Crippen LogP contribution in [-0.4, -0.2) is 29.1 Å². The lowest BCUT2D eigenvalue weighted by molar-refractivity contribution is -0.129. The van der Waals surface area contributed by atoms with Crippen molar-refractivity contribution in [1.29, 1.82) is 0 Å². The zero-order valence-electron chi connectivity index (χ0n) is 10.9. The Morgan fingerprint density at radius 2 is 2.00 bits per heavy atom. The maximum absolute atomic E-state index is 12.4. The molecule has 0 bridgehead atoms. The molecule has 20 heavy (non-hydrogen) atoms. The molecule has 1 heterocycles. The van der Waals surface area contributed by atoms with Gasteiger partial charge in [0.1, 0.15) is 0 Å². The molecule has 0 aliphatic carbocycles. The minimum Gasteiger partial charge on any atom is -0.320 e. The third-order valence-corrected chi connectivity index (χ3v) is 4.75. The van der Waals surface area contributed by atoms with E-state index in [2.05, 4.69) is 5.09 Å². The van der Waals surface area contributed by atoms with Crippen LogP contribution in [0.2, 0.25) is 0 Å². The van der Waals surface area contributed by atoms with Gasteiger partial charge in [0.05, 0.1) is 6.04 Å². The molecule has 8 heteroatoms. The van der Waals surface area contributed by atoms with E-state index in [0.29, 0.717) is 18.4 Å². The first kappa shape index (κ1) is 14.7. The van der Waals surface area contributed by atoms with Crippen LogP contribution in [0, 0.1) is 0 Å². The Kier molecular flexibility index (Phi) is 4.23. The number of benzene rings is 1. The van der Waals surface area contributed by atoms with Gasteiger partial charge in [-0.2, -0.15) is 0 Å². The first-order valence-corrected chi connectivity index (χ1v) is 7.98. The molecule has 1 fully saturated rings. The van der Waals surface area contributed by atoms with Gasteiger partial charge in [-0.3, -0.25) is 23.9 Å². The number of hydrogen-bond acceptors (Lipinski definition) is 4. The minimum atomic E-state index is -3.78. The third-order valence-electron chi connectivity index (χ3n) is 3.11. The van der Waals surface area contributed by atoms with Gasteiger partial charge in [-0.1, -0.05) is 18.2 Å². The van der Waals surface area contributed by atoms with Crippen molar-refractivity contribution in [1.82, 2.24) is 9.76 Å². The van der Waals surface area contributed by atoms with Crippen molar-refractivity contribution < 1.29 is 14.2 Å². The molecule has 0 aromatic heterocycles. The number of amides is 2. The highest BCUT2D eigenvalue weighted by Gasteiger charge is 2.37. The molecule has 1 aromatic rings. The van der Waals surface area contributed by atoms with Crippen molar-refractivity contribution in [2.24, 2.45) is 11.2 Å². The summed E-state index contributed by atoms with van der Waals surface area (Å²) in [7, 11) is -3.78. The molecule has 0 spiro atoms. The highest BCUT2D eigenvalue weighted by atomic mass is 31.2. The number of carbonyl (C=O) groups excluding carboxylic acids is 2. The number of piperidine rings is 1. The summed E-state index contributed by atoms with van der Waals surface area (Å²) in [4.78, 5) is 23.8. The van der Waals surface area contributed by atoms with Crippen LogP contribution in [0.25, 0.3) is 0 Å². The summed E-state index contributed by atoms with van der Waals surface area (Å²) < 4.78 is 13.4. The molecule has 108 valence electrons. The second-order valence-electron chi connectivity index (χ2n) is 4.64.